The van der Waals surface area contributed by atoms with E-state index in [9.17, 15) is 14.7 Å². The Bertz CT molecular complexity index is 1590. The number of nitrogens with one attached hydrogen (secondary N) is 1. The van der Waals surface area contributed by atoms with E-state index in [1.54, 1.807) is 18.1 Å². The van der Waals surface area contributed by atoms with Gasteiger partial charge < -0.3 is 29.6 Å². The summed E-state index contributed by atoms with van der Waals surface area (Å²) in [6, 6.07) is 24.2. The average Bonchev–Trinajstić information content (AvgIpc) is 3.52. The Morgan fingerprint density at radius 1 is 0.915 bits per heavy atom. The van der Waals surface area contributed by atoms with Crippen LogP contribution in [0, 0.1) is 0 Å². The van der Waals surface area contributed by atoms with Crippen LogP contribution in [0.1, 0.15) is 79.6 Å². The lowest BCUT2D eigenvalue weighted by atomic mass is 9.99. The molecule has 3 atom stereocenters. The van der Waals surface area contributed by atoms with E-state index in [4.69, 9.17) is 14.6 Å². The van der Waals surface area contributed by atoms with E-state index in [0.717, 1.165) is 57.8 Å². The molecule has 1 aromatic heterocycles. The number of carboxylic acid groups (broad SMARTS) is 1. The quantitative estimate of drug-likeness (QED) is 0.0929. The molecule has 47 heavy (non-hydrogen) atoms. The van der Waals surface area contributed by atoms with Crippen LogP contribution in [0.25, 0.3) is 11.1 Å². The van der Waals surface area contributed by atoms with Crippen LogP contribution >= 0.6 is 11.8 Å². The highest BCUT2D eigenvalue weighted by Gasteiger charge is 2.32. The van der Waals surface area contributed by atoms with Crippen molar-refractivity contribution in [1.82, 2.24) is 20.1 Å². The number of aliphatic hydroxyl groups excluding tert-OH is 1. The smallest absolute Gasteiger partial charge is 0.303 e. The van der Waals surface area contributed by atoms with Gasteiger partial charge in [0.25, 0.3) is 0 Å². The number of aryl methyl sites for hydroxylation is 1. The number of carbonyl (C=O) groups excluding carboxylic acids is 1. The molecule has 1 aliphatic heterocycles. The van der Waals surface area contributed by atoms with E-state index in [0.29, 0.717) is 31.6 Å². The Kier molecular flexibility index (Phi) is 12.6. The first-order valence-electron chi connectivity index (χ1n) is 16.0. The fourth-order valence-corrected chi connectivity index (χ4v) is 6.40. The van der Waals surface area contributed by atoms with Gasteiger partial charge in [-0.3, -0.25) is 9.59 Å². The first-order valence-corrected chi connectivity index (χ1v) is 17.0. The van der Waals surface area contributed by atoms with Crippen molar-refractivity contribution in [2.45, 2.75) is 81.8 Å². The summed E-state index contributed by atoms with van der Waals surface area (Å²) in [4.78, 5) is 22.9. The van der Waals surface area contributed by atoms with Gasteiger partial charge in [-0.1, -0.05) is 91.3 Å². The fourth-order valence-electron chi connectivity index (χ4n) is 5.49. The maximum Gasteiger partial charge on any atom is 0.303 e. The molecule has 1 saturated heterocycles. The van der Waals surface area contributed by atoms with Crippen LogP contribution in [0.4, 0.5) is 0 Å². The molecule has 10 nitrogen and oxygen atoms in total. The van der Waals surface area contributed by atoms with Gasteiger partial charge in [0.05, 0.1) is 18.8 Å². The molecule has 3 unspecified atom stereocenters. The van der Waals surface area contributed by atoms with E-state index in [2.05, 4.69) is 39.8 Å². The molecular formula is C36H42N4O6S. The van der Waals surface area contributed by atoms with Crippen molar-refractivity contribution in [2.75, 3.05) is 5.75 Å². The first-order chi connectivity index (χ1) is 22.9. The number of rotatable bonds is 16. The van der Waals surface area contributed by atoms with Crippen molar-refractivity contribution < 1.29 is 29.3 Å². The summed E-state index contributed by atoms with van der Waals surface area (Å²) in [7, 11) is 1.92. The minimum atomic E-state index is -0.775. The van der Waals surface area contributed by atoms with Crippen molar-refractivity contribution in [3.8, 4) is 11.1 Å². The van der Waals surface area contributed by atoms with Gasteiger partial charge in [0.15, 0.2) is 11.4 Å². The number of hydrogen-bond acceptors (Lipinski definition) is 8. The van der Waals surface area contributed by atoms with Crippen LogP contribution in [-0.2, 0) is 39.3 Å². The van der Waals surface area contributed by atoms with Gasteiger partial charge in [-0.15, -0.1) is 10.2 Å². The molecule has 2 heterocycles. The minimum Gasteiger partial charge on any atom is -0.481 e. The van der Waals surface area contributed by atoms with Crippen molar-refractivity contribution >= 4 is 23.6 Å². The van der Waals surface area contributed by atoms with Gasteiger partial charge in [-0.2, -0.15) is 0 Å². The Hall–Kier alpha value is -4.03. The van der Waals surface area contributed by atoms with E-state index >= 15 is 0 Å². The Balaban J connectivity index is 1.20. The predicted octanol–water partition coefficient (Wildman–Crippen LogP) is 6.35. The molecule has 11 heteroatoms. The van der Waals surface area contributed by atoms with Crippen LogP contribution in [0.15, 0.2) is 84.3 Å². The highest BCUT2D eigenvalue weighted by atomic mass is 32.2. The first kappa shape index (κ1) is 34.3. The number of aliphatic carboxylic acids is 1. The highest BCUT2D eigenvalue weighted by molar-refractivity contribution is 7.99. The zero-order valence-electron chi connectivity index (χ0n) is 26.6. The van der Waals surface area contributed by atoms with Gasteiger partial charge in [0.1, 0.15) is 6.33 Å². The fraction of sp³-hybridized carbons (Fsp3) is 0.389. The molecule has 0 saturated carbocycles. The largest absolute Gasteiger partial charge is 0.481 e. The predicted molar refractivity (Wildman–Crippen MR) is 179 cm³/mol. The van der Waals surface area contributed by atoms with E-state index < -0.39 is 12.3 Å². The Morgan fingerprint density at radius 2 is 1.66 bits per heavy atom. The molecule has 0 radical (unpaired) electrons. The summed E-state index contributed by atoms with van der Waals surface area (Å²) in [5, 5.41) is 30.2. The summed E-state index contributed by atoms with van der Waals surface area (Å²) in [5.74, 6) is -0.0734. The number of benzene rings is 3. The van der Waals surface area contributed by atoms with Crippen LogP contribution in [0.5, 0.6) is 0 Å². The number of amides is 1. The molecule has 1 aliphatic rings. The van der Waals surface area contributed by atoms with Gasteiger partial charge >= 0.3 is 5.97 Å². The van der Waals surface area contributed by atoms with Crippen LogP contribution in [0.3, 0.4) is 0 Å². The number of unbranched alkanes of at least 4 members (excludes halogenated alkanes) is 3. The van der Waals surface area contributed by atoms with Crippen LogP contribution < -0.4 is 5.32 Å². The lowest BCUT2D eigenvalue weighted by Gasteiger charge is -2.36. The molecule has 248 valence electrons. The number of ether oxygens (including phenoxy) is 2. The van der Waals surface area contributed by atoms with Gasteiger partial charge in [-0.25, -0.2) is 0 Å². The van der Waals surface area contributed by atoms with Crippen LogP contribution in [-0.4, -0.2) is 48.7 Å². The van der Waals surface area contributed by atoms with E-state index in [1.165, 1.54) is 0 Å². The third-order valence-electron chi connectivity index (χ3n) is 8.16. The third-order valence-corrected chi connectivity index (χ3v) is 9.33. The molecule has 1 fully saturated rings. The minimum absolute atomic E-state index is 0.00130. The zero-order valence-corrected chi connectivity index (χ0v) is 27.4. The second kappa shape index (κ2) is 17.2. The summed E-state index contributed by atoms with van der Waals surface area (Å²) >= 11 is 1.61. The van der Waals surface area contributed by atoms with Crippen LogP contribution in [0.2, 0.25) is 0 Å². The average molecular weight is 659 g/mol. The summed E-state index contributed by atoms with van der Waals surface area (Å²) in [5.41, 5.74) is 5.93. The maximum atomic E-state index is 12.3. The molecule has 1 amide bonds. The normalized spacial score (nSPS) is 17.8. The number of hydrogen-bond donors (Lipinski definition) is 3. The van der Waals surface area contributed by atoms with Crippen molar-refractivity contribution in [1.29, 1.82) is 0 Å². The second-order valence-electron chi connectivity index (χ2n) is 11.8. The summed E-state index contributed by atoms with van der Waals surface area (Å²) in [6.45, 7) is 0.444. The maximum absolute atomic E-state index is 12.3. The number of aromatic nitrogens is 3. The molecule has 0 aliphatic carbocycles. The topological polar surface area (TPSA) is 136 Å². The van der Waals surface area contributed by atoms with E-state index in [1.807, 2.05) is 60.1 Å². The molecule has 0 bridgehead atoms. The molecule has 0 spiro atoms. The lowest BCUT2D eigenvalue weighted by molar-refractivity contribution is -0.245. The second-order valence-corrected chi connectivity index (χ2v) is 12.8. The molecule has 4 aromatic rings. The van der Waals surface area contributed by atoms with Crippen molar-refractivity contribution in [2.24, 2.45) is 7.05 Å². The lowest BCUT2D eigenvalue weighted by Crippen LogP contribution is -2.31. The summed E-state index contributed by atoms with van der Waals surface area (Å²) < 4.78 is 14.9. The number of carboxylic acids is 1. The molecule has 3 aromatic carbocycles. The summed E-state index contributed by atoms with van der Waals surface area (Å²) in [6.07, 6.45) is 5.27. The number of thioether (sulfide) groups is 1. The van der Waals surface area contributed by atoms with Gasteiger partial charge in [0.2, 0.25) is 5.91 Å². The Labute approximate surface area is 279 Å². The van der Waals surface area contributed by atoms with Gasteiger partial charge in [0, 0.05) is 44.2 Å². The standard InChI is InChI=1S/C36H42N4O6S/c1-40-24-38-39-36(40)47-23-31-20-32(28-13-11-25(22-41)12-14-28)46-35(45-31)29-17-15-27(16-18-29)30-8-6-7-26(19-30)21-37-33(42)9-4-2-3-5-10-34(43)44/h6-8,11-19,24,31-32,35,41H,2-5,9-10,20-23H2,1H3,(H,37,42)(H,43,44). The number of carbonyl (C=O) groups is 2. The third kappa shape index (κ3) is 10.2. The molecule has 3 N–H and O–H groups in total. The van der Waals surface area contributed by atoms with Crippen molar-refractivity contribution in [3.05, 3.63) is 101 Å². The van der Waals surface area contributed by atoms with Gasteiger partial charge in [-0.05, 0) is 46.7 Å². The Morgan fingerprint density at radius 3 is 2.36 bits per heavy atom. The monoisotopic (exact) mass is 658 g/mol. The SMILES string of the molecule is Cn1cnnc1SCC1CC(c2ccc(CO)cc2)OC(c2ccc(-c3cccc(CNC(=O)CCCCCCC(=O)O)c3)cc2)O1. The van der Waals surface area contributed by atoms with E-state index in [-0.39, 0.29) is 31.1 Å². The molecular weight excluding hydrogens is 616 g/mol. The zero-order chi connectivity index (χ0) is 33.0. The highest BCUT2D eigenvalue weighted by Crippen LogP contribution is 2.39. The van der Waals surface area contributed by atoms with Crippen molar-refractivity contribution in [3.63, 3.8) is 0 Å². The number of aliphatic hydroxyl groups is 1. The number of nitrogens with zero attached hydrogens (tertiary/aromatic N) is 3. The molecule has 5 rings (SSSR count).